The van der Waals surface area contributed by atoms with E-state index in [1.807, 2.05) is 0 Å². The fourth-order valence-electron chi connectivity index (χ4n) is 3.77. The molecule has 4 rings (SSSR count). The van der Waals surface area contributed by atoms with Gasteiger partial charge >= 0.3 is 18.3 Å². The van der Waals surface area contributed by atoms with Crippen LogP contribution in [0.2, 0.25) is 0 Å². The third-order valence-corrected chi connectivity index (χ3v) is 5.58. The molecule has 0 fully saturated rings. The first-order valence-electron chi connectivity index (χ1n) is 11.2. The van der Waals surface area contributed by atoms with Gasteiger partial charge in [0.1, 0.15) is 0 Å². The molecule has 0 saturated heterocycles. The third kappa shape index (κ3) is 6.20. The SMILES string of the molecule is O=C(O)CCNCc1ccc(-c2noc(-c3ccc(-c4ccccc4C(F)(F)F)c(C(F)(F)F)c3)n2)cc1. The van der Waals surface area contributed by atoms with Crippen molar-refractivity contribution in [3.8, 4) is 34.0 Å². The average molecular weight is 535 g/mol. The second kappa shape index (κ2) is 10.7. The Kier molecular flexibility index (Phi) is 7.53. The zero-order valence-corrected chi connectivity index (χ0v) is 19.4. The van der Waals surface area contributed by atoms with Crippen LogP contribution in [0.3, 0.4) is 0 Å². The third-order valence-electron chi connectivity index (χ3n) is 5.58. The van der Waals surface area contributed by atoms with E-state index in [1.165, 1.54) is 12.1 Å². The summed E-state index contributed by atoms with van der Waals surface area (Å²) in [5.74, 6) is -1.05. The standard InChI is InChI=1S/C26H19F6N3O3/c27-25(28,29)20-4-2-1-3-18(20)19-10-9-17(13-21(19)26(30,31)32)24-34-23(35-38-24)16-7-5-15(6-8-16)14-33-12-11-22(36)37/h1-10,13,33H,11-12,14H2,(H,36,37). The Labute approximate surface area is 211 Å². The topological polar surface area (TPSA) is 88.2 Å². The van der Waals surface area contributed by atoms with Crippen molar-refractivity contribution >= 4 is 5.97 Å². The van der Waals surface area contributed by atoms with Crippen LogP contribution in [0.15, 0.2) is 71.3 Å². The number of carboxylic acid groups (broad SMARTS) is 1. The Morgan fingerprint density at radius 3 is 2.13 bits per heavy atom. The van der Waals surface area contributed by atoms with Gasteiger partial charge < -0.3 is 14.9 Å². The Morgan fingerprint density at radius 1 is 0.842 bits per heavy atom. The molecule has 0 radical (unpaired) electrons. The van der Waals surface area contributed by atoms with Gasteiger partial charge in [-0.05, 0) is 34.9 Å². The molecule has 0 spiro atoms. The van der Waals surface area contributed by atoms with E-state index in [2.05, 4.69) is 15.5 Å². The number of alkyl halides is 6. The van der Waals surface area contributed by atoms with Crippen molar-refractivity contribution in [2.75, 3.05) is 6.54 Å². The van der Waals surface area contributed by atoms with Gasteiger partial charge in [-0.3, -0.25) is 4.79 Å². The van der Waals surface area contributed by atoms with Gasteiger partial charge in [-0.2, -0.15) is 31.3 Å². The summed E-state index contributed by atoms with van der Waals surface area (Å²) in [4.78, 5) is 14.7. The van der Waals surface area contributed by atoms with Gasteiger partial charge in [0.25, 0.3) is 5.89 Å². The number of hydrogen-bond acceptors (Lipinski definition) is 5. The summed E-state index contributed by atoms with van der Waals surface area (Å²) < 4.78 is 87.3. The Bertz CT molecular complexity index is 1430. The monoisotopic (exact) mass is 535 g/mol. The van der Waals surface area contributed by atoms with Crippen molar-refractivity contribution in [1.29, 1.82) is 0 Å². The van der Waals surface area contributed by atoms with Crippen LogP contribution in [0.4, 0.5) is 26.3 Å². The minimum absolute atomic E-state index is 0.0183. The lowest BCUT2D eigenvalue weighted by atomic mass is 9.93. The van der Waals surface area contributed by atoms with Gasteiger partial charge in [-0.25, -0.2) is 0 Å². The van der Waals surface area contributed by atoms with Crippen molar-refractivity contribution in [1.82, 2.24) is 15.5 Å². The number of hydrogen-bond donors (Lipinski definition) is 2. The lowest BCUT2D eigenvalue weighted by molar-refractivity contribution is -0.139. The molecule has 0 aliphatic rings. The highest BCUT2D eigenvalue weighted by Crippen LogP contribution is 2.43. The Hall–Kier alpha value is -4.19. The zero-order chi connectivity index (χ0) is 27.5. The lowest BCUT2D eigenvalue weighted by Crippen LogP contribution is -2.17. The highest BCUT2D eigenvalue weighted by Gasteiger charge is 2.38. The summed E-state index contributed by atoms with van der Waals surface area (Å²) in [6.45, 7) is 0.723. The van der Waals surface area contributed by atoms with Gasteiger partial charge in [0.15, 0.2) is 0 Å². The van der Waals surface area contributed by atoms with Gasteiger partial charge in [0.2, 0.25) is 5.82 Å². The molecule has 0 atom stereocenters. The zero-order valence-electron chi connectivity index (χ0n) is 19.4. The van der Waals surface area contributed by atoms with E-state index in [-0.39, 0.29) is 23.7 Å². The summed E-state index contributed by atoms with van der Waals surface area (Å²) in [6.07, 6.45) is -9.82. The molecule has 0 aliphatic carbocycles. The van der Waals surface area contributed by atoms with Crippen LogP contribution in [-0.2, 0) is 23.7 Å². The van der Waals surface area contributed by atoms with Gasteiger partial charge in [-0.15, -0.1) is 0 Å². The summed E-state index contributed by atoms with van der Waals surface area (Å²) in [7, 11) is 0. The first-order valence-corrected chi connectivity index (χ1v) is 11.2. The molecule has 0 amide bonds. The molecule has 0 bridgehead atoms. The van der Waals surface area contributed by atoms with Crippen LogP contribution in [0.5, 0.6) is 0 Å². The molecule has 2 N–H and O–H groups in total. The molecule has 0 saturated carbocycles. The molecular weight excluding hydrogens is 516 g/mol. The summed E-state index contributed by atoms with van der Waals surface area (Å²) in [5, 5.41) is 15.4. The first-order chi connectivity index (χ1) is 17.9. The van der Waals surface area contributed by atoms with Crippen molar-refractivity contribution in [3.63, 3.8) is 0 Å². The summed E-state index contributed by atoms with van der Waals surface area (Å²) in [5.41, 5.74) is -2.41. The molecular formula is C26H19F6N3O3. The van der Waals surface area contributed by atoms with Crippen LogP contribution in [0, 0.1) is 0 Å². The van der Waals surface area contributed by atoms with E-state index in [9.17, 15) is 31.1 Å². The van der Waals surface area contributed by atoms with E-state index < -0.39 is 40.6 Å². The molecule has 0 aliphatic heterocycles. The Morgan fingerprint density at radius 2 is 1.47 bits per heavy atom. The van der Waals surface area contributed by atoms with Gasteiger partial charge in [-0.1, -0.05) is 53.7 Å². The normalized spacial score (nSPS) is 12.1. The van der Waals surface area contributed by atoms with Crippen molar-refractivity contribution < 1.29 is 40.8 Å². The molecule has 4 aromatic rings. The lowest BCUT2D eigenvalue weighted by Gasteiger charge is -2.18. The molecule has 38 heavy (non-hydrogen) atoms. The van der Waals surface area contributed by atoms with E-state index in [0.717, 1.165) is 29.8 Å². The number of nitrogens with one attached hydrogen (secondary N) is 1. The van der Waals surface area contributed by atoms with Crippen molar-refractivity contribution in [3.05, 3.63) is 83.4 Å². The van der Waals surface area contributed by atoms with Crippen molar-refractivity contribution in [2.45, 2.75) is 25.3 Å². The maximum atomic E-state index is 13.9. The maximum Gasteiger partial charge on any atom is 0.417 e. The molecule has 1 heterocycles. The van der Waals surface area contributed by atoms with Crippen LogP contribution in [-0.4, -0.2) is 27.8 Å². The highest BCUT2D eigenvalue weighted by molar-refractivity contribution is 5.75. The molecule has 3 aromatic carbocycles. The fraction of sp³-hybridized carbons (Fsp3) is 0.192. The number of nitrogens with zero attached hydrogens (tertiary/aromatic N) is 2. The number of rotatable bonds is 8. The van der Waals surface area contributed by atoms with Gasteiger partial charge in [0, 0.05) is 24.2 Å². The first kappa shape index (κ1) is 26.9. The predicted molar refractivity (Wildman–Crippen MR) is 125 cm³/mol. The van der Waals surface area contributed by atoms with Crippen LogP contribution in [0.1, 0.15) is 23.1 Å². The maximum absolute atomic E-state index is 13.9. The quantitative estimate of drug-likeness (QED) is 0.194. The predicted octanol–water partition coefficient (Wildman–Crippen LogP) is 6.67. The molecule has 6 nitrogen and oxygen atoms in total. The van der Waals surface area contributed by atoms with E-state index in [4.69, 9.17) is 9.63 Å². The van der Waals surface area contributed by atoms with Crippen molar-refractivity contribution in [2.24, 2.45) is 0 Å². The smallest absolute Gasteiger partial charge is 0.417 e. The molecule has 1 aromatic heterocycles. The van der Waals surface area contributed by atoms with E-state index >= 15 is 0 Å². The molecule has 198 valence electrons. The average Bonchev–Trinajstić information content (AvgIpc) is 3.36. The van der Waals surface area contributed by atoms with E-state index in [0.29, 0.717) is 24.7 Å². The second-order valence-electron chi connectivity index (χ2n) is 8.24. The minimum atomic E-state index is -4.96. The Balaban J connectivity index is 1.61. The van der Waals surface area contributed by atoms with Crippen LogP contribution < -0.4 is 5.32 Å². The highest BCUT2D eigenvalue weighted by atomic mass is 19.4. The fourth-order valence-corrected chi connectivity index (χ4v) is 3.77. The van der Waals surface area contributed by atoms with Crippen LogP contribution >= 0.6 is 0 Å². The number of benzene rings is 3. The number of aromatic nitrogens is 2. The molecule has 12 heteroatoms. The number of carboxylic acids is 1. The summed E-state index contributed by atoms with van der Waals surface area (Å²) >= 11 is 0. The minimum Gasteiger partial charge on any atom is -0.481 e. The largest absolute Gasteiger partial charge is 0.481 e. The second-order valence-corrected chi connectivity index (χ2v) is 8.24. The van der Waals surface area contributed by atoms with Crippen LogP contribution in [0.25, 0.3) is 34.0 Å². The van der Waals surface area contributed by atoms with E-state index in [1.54, 1.807) is 24.3 Å². The summed E-state index contributed by atoms with van der Waals surface area (Å²) in [6, 6.07) is 13.7. The number of carbonyl (C=O) groups is 1. The number of halogens is 6. The molecule has 0 unspecified atom stereocenters. The number of aliphatic carboxylic acids is 1. The van der Waals surface area contributed by atoms with Gasteiger partial charge in [0.05, 0.1) is 17.5 Å².